The third-order valence-electron chi connectivity index (χ3n) is 2.58. The molecule has 0 radical (unpaired) electrons. The minimum atomic E-state index is -0.362. The van der Waals surface area contributed by atoms with Crippen LogP contribution >= 0.6 is 0 Å². The maximum absolute atomic E-state index is 11.7. The Morgan fingerprint density at radius 3 is 2.60 bits per heavy atom. The molecule has 3 N–H and O–H groups in total. The highest BCUT2D eigenvalue weighted by Crippen LogP contribution is 2.10. The van der Waals surface area contributed by atoms with E-state index in [1.807, 2.05) is 6.92 Å². The van der Waals surface area contributed by atoms with Gasteiger partial charge in [0.2, 0.25) is 11.7 Å². The van der Waals surface area contributed by atoms with Gasteiger partial charge in [-0.1, -0.05) is 12.1 Å². The van der Waals surface area contributed by atoms with Gasteiger partial charge < -0.3 is 10.6 Å². The number of H-pyrrole nitrogens is 1. The summed E-state index contributed by atoms with van der Waals surface area (Å²) in [7, 11) is 0. The highest BCUT2D eigenvalue weighted by molar-refractivity contribution is 6.01. The van der Waals surface area contributed by atoms with E-state index >= 15 is 0 Å². The predicted octanol–water partition coefficient (Wildman–Crippen LogP) is 0.736. The van der Waals surface area contributed by atoms with Gasteiger partial charge in [0, 0.05) is 12.2 Å². The quantitative estimate of drug-likeness (QED) is 0.748. The average Bonchev–Trinajstić information content (AvgIpc) is 2.95. The third-order valence-corrected chi connectivity index (χ3v) is 2.58. The van der Waals surface area contributed by atoms with E-state index in [0.29, 0.717) is 18.7 Å². The highest BCUT2D eigenvalue weighted by Gasteiger charge is 2.09. The smallest absolute Gasteiger partial charge is 0.292 e. The van der Waals surface area contributed by atoms with Gasteiger partial charge in [-0.05, 0) is 24.6 Å². The van der Waals surface area contributed by atoms with Crippen LogP contribution in [0, 0.1) is 0 Å². The Hall–Kier alpha value is -2.70. The molecule has 7 nitrogen and oxygen atoms in total. The fourth-order valence-electron chi connectivity index (χ4n) is 1.66. The number of rotatable bonds is 5. The first kappa shape index (κ1) is 13.7. The average molecular weight is 273 g/mol. The third kappa shape index (κ3) is 3.64. The lowest BCUT2D eigenvalue weighted by molar-refractivity contribution is -0.120. The van der Waals surface area contributed by atoms with Crippen molar-refractivity contribution < 1.29 is 9.59 Å². The molecule has 7 heteroatoms. The molecule has 0 atom stereocenters. The minimum Gasteiger partial charge on any atom is -0.356 e. The van der Waals surface area contributed by atoms with Gasteiger partial charge in [-0.2, -0.15) is 5.10 Å². The summed E-state index contributed by atoms with van der Waals surface area (Å²) in [5.41, 5.74) is 1.51. The molecule has 104 valence electrons. The number of nitrogens with zero attached hydrogens (tertiary/aromatic N) is 2. The summed E-state index contributed by atoms with van der Waals surface area (Å²) in [5, 5.41) is 11.5. The van der Waals surface area contributed by atoms with Crippen LogP contribution in [0.1, 0.15) is 23.1 Å². The Morgan fingerprint density at radius 2 is 2.00 bits per heavy atom. The maximum atomic E-state index is 11.7. The number of anilines is 1. The molecule has 0 spiro atoms. The molecule has 0 aliphatic heterocycles. The van der Waals surface area contributed by atoms with Gasteiger partial charge in [0.1, 0.15) is 6.33 Å². The van der Waals surface area contributed by atoms with Crippen molar-refractivity contribution in [2.45, 2.75) is 13.3 Å². The van der Waals surface area contributed by atoms with Crippen LogP contribution in [0.25, 0.3) is 0 Å². The monoisotopic (exact) mass is 273 g/mol. The van der Waals surface area contributed by atoms with E-state index < -0.39 is 0 Å². The summed E-state index contributed by atoms with van der Waals surface area (Å²) >= 11 is 0. The molecular weight excluding hydrogens is 258 g/mol. The lowest BCUT2D eigenvalue weighted by Crippen LogP contribution is -2.24. The second kappa shape index (κ2) is 6.46. The van der Waals surface area contributed by atoms with E-state index in [4.69, 9.17) is 0 Å². The summed E-state index contributed by atoms with van der Waals surface area (Å²) in [4.78, 5) is 26.9. The first-order valence-electron chi connectivity index (χ1n) is 6.21. The van der Waals surface area contributed by atoms with Crippen LogP contribution in [0.3, 0.4) is 0 Å². The number of hydrogen-bond donors (Lipinski definition) is 3. The Balaban J connectivity index is 1.95. The zero-order chi connectivity index (χ0) is 14.4. The number of amides is 2. The van der Waals surface area contributed by atoms with Gasteiger partial charge in [0.25, 0.3) is 5.91 Å². The van der Waals surface area contributed by atoms with Crippen molar-refractivity contribution in [1.82, 2.24) is 20.5 Å². The van der Waals surface area contributed by atoms with Crippen molar-refractivity contribution >= 4 is 17.5 Å². The van der Waals surface area contributed by atoms with Crippen molar-refractivity contribution in [2.24, 2.45) is 0 Å². The molecule has 1 heterocycles. The second-order valence-corrected chi connectivity index (χ2v) is 4.12. The Kier molecular flexibility index (Phi) is 4.43. The van der Waals surface area contributed by atoms with Gasteiger partial charge in [-0.15, -0.1) is 0 Å². The van der Waals surface area contributed by atoms with Crippen molar-refractivity contribution in [3.8, 4) is 0 Å². The summed E-state index contributed by atoms with van der Waals surface area (Å²) in [6.45, 7) is 2.49. The molecule has 1 aromatic heterocycles. The van der Waals surface area contributed by atoms with E-state index in [1.54, 1.807) is 24.3 Å². The van der Waals surface area contributed by atoms with E-state index in [-0.39, 0.29) is 17.6 Å². The molecular formula is C13H15N5O2. The molecule has 1 aromatic carbocycles. The molecule has 0 fully saturated rings. The van der Waals surface area contributed by atoms with E-state index in [1.165, 1.54) is 6.33 Å². The topological polar surface area (TPSA) is 99.8 Å². The minimum absolute atomic E-state index is 0.0223. The summed E-state index contributed by atoms with van der Waals surface area (Å²) < 4.78 is 0. The standard InChI is InChI=1S/C13H15N5O2/c1-2-14-11(19)7-9-3-5-10(6-4-9)17-13(20)12-15-8-16-18-12/h3-6,8H,2,7H2,1H3,(H,14,19)(H,17,20)(H,15,16,18). The van der Waals surface area contributed by atoms with Crippen LogP contribution in [0.15, 0.2) is 30.6 Å². The van der Waals surface area contributed by atoms with Crippen LogP contribution < -0.4 is 10.6 Å². The SMILES string of the molecule is CCNC(=O)Cc1ccc(NC(=O)c2ncn[nH]2)cc1. The number of aromatic nitrogens is 3. The highest BCUT2D eigenvalue weighted by atomic mass is 16.2. The van der Waals surface area contributed by atoms with Gasteiger partial charge in [0.05, 0.1) is 6.42 Å². The number of hydrogen-bond acceptors (Lipinski definition) is 4. The van der Waals surface area contributed by atoms with Crippen LogP contribution in [0.2, 0.25) is 0 Å². The molecule has 2 rings (SSSR count). The molecule has 20 heavy (non-hydrogen) atoms. The van der Waals surface area contributed by atoms with Gasteiger partial charge >= 0.3 is 0 Å². The number of benzene rings is 1. The second-order valence-electron chi connectivity index (χ2n) is 4.12. The van der Waals surface area contributed by atoms with E-state index in [0.717, 1.165) is 5.56 Å². The van der Waals surface area contributed by atoms with Crippen LogP contribution in [0.5, 0.6) is 0 Å². The van der Waals surface area contributed by atoms with Gasteiger partial charge in [0.15, 0.2) is 0 Å². The first-order chi connectivity index (χ1) is 9.69. The lowest BCUT2D eigenvalue weighted by atomic mass is 10.1. The lowest BCUT2D eigenvalue weighted by Gasteiger charge is -2.05. The fraction of sp³-hybridized carbons (Fsp3) is 0.231. The van der Waals surface area contributed by atoms with Crippen molar-refractivity contribution in [3.05, 3.63) is 42.0 Å². The fourth-order valence-corrected chi connectivity index (χ4v) is 1.66. The zero-order valence-electron chi connectivity index (χ0n) is 11.0. The van der Waals surface area contributed by atoms with Crippen molar-refractivity contribution in [1.29, 1.82) is 0 Å². The normalized spacial score (nSPS) is 10.1. The number of carbonyl (C=O) groups is 2. The summed E-state index contributed by atoms with van der Waals surface area (Å²) in [5.74, 6) is -0.235. The number of likely N-dealkylation sites (N-methyl/N-ethyl adjacent to an activating group) is 1. The van der Waals surface area contributed by atoms with Crippen molar-refractivity contribution in [2.75, 3.05) is 11.9 Å². The van der Waals surface area contributed by atoms with E-state index in [2.05, 4.69) is 25.8 Å². The summed E-state index contributed by atoms with van der Waals surface area (Å²) in [6.07, 6.45) is 1.59. The van der Waals surface area contributed by atoms with Crippen molar-refractivity contribution in [3.63, 3.8) is 0 Å². The molecule has 0 saturated carbocycles. The molecule has 0 bridgehead atoms. The molecule has 2 amide bonds. The predicted molar refractivity (Wildman–Crippen MR) is 73.2 cm³/mol. The van der Waals surface area contributed by atoms with Crippen LogP contribution in [0.4, 0.5) is 5.69 Å². The van der Waals surface area contributed by atoms with E-state index in [9.17, 15) is 9.59 Å². The van der Waals surface area contributed by atoms with Crippen LogP contribution in [-0.2, 0) is 11.2 Å². The molecule has 0 aliphatic rings. The summed E-state index contributed by atoms with van der Waals surface area (Å²) in [6, 6.07) is 7.07. The number of carbonyl (C=O) groups excluding carboxylic acids is 2. The molecule has 0 saturated heterocycles. The van der Waals surface area contributed by atoms with Gasteiger partial charge in [-0.3, -0.25) is 14.7 Å². The van der Waals surface area contributed by atoms with Gasteiger partial charge in [-0.25, -0.2) is 4.98 Å². The Labute approximate surface area is 115 Å². The molecule has 0 aliphatic carbocycles. The molecule has 2 aromatic rings. The number of aromatic amines is 1. The zero-order valence-corrected chi connectivity index (χ0v) is 11.0. The molecule has 0 unspecified atom stereocenters. The largest absolute Gasteiger partial charge is 0.356 e. The Bertz CT molecular complexity index is 577. The number of nitrogens with one attached hydrogen (secondary N) is 3. The first-order valence-corrected chi connectivity index (χ1v) is 6.21. The Morgan fingerprint density at radius 1 is 1.25 bits per heavy atom. The van der Waals surface area contributed by atoms with Crippen LogP contribution in [-0.4, -0.2) is 33.5 Å². The maximum Gasteiger partial charge on any atom is 0.292 e.